The first-order valence-corrected chi connectivity index (χ1v) is 3.44. The van der Waals surface area contributed by atoms with Gasteiger partial charge in [0.2, 0.25) is 0 Å². The quantitative estimate of drug-likeness (QED) is 0.536. The molecule has 0 heterocycles. The number of hydrogen-bond acceptors (Lipinski definition) is 4. The SMILES string of the molecule is N#CC/C(N)=C/C(=N\S)C(F)(F)F. The van der Waals surface area contributed by atoms with Crippen molar-refractivity contribution >= 4 is 18.5 Å². The summed E-state index contributed by atoms with van der Waals surface area (Å²) in [5.41, 5.74) is 3.66. The average Bonchev–Trinajstić information content (AvgIpc) is 1.98. The molecule has 3 nitrogen and oxygen atoms in total. The molecule has 0 amide bonds. The number of rotatable bonds is 2. The number of nitrogens with zero attached hydrogens (tertiary/aromatic N) is 2. The fourth-order valence-electron chi connectivity index (χ4n) is 0.485. The summed E-state index contributed by atoms with van der Waals surface area (Å²) in [5, 5.41) is 8.11. The van der Waals surface area contributed by atoms with Crippen molar-refractivity contribution in [3.8, 4) is 6.07 Å². The van der Waals surface area contributed by atoms with Crippen LogP contribution in [-0.2, 0) is 0 Å². The molecule has 7 heteroatoms. The summed E-state index contributed by atoms with van der Waals surface area (Å²) >= 11 is 3.14. The monoisotopic (exact) mass is 209 g/mol. The third kappa shape index (κ3) is 4.42. The van der Waals surface area contributed by atoms with Crippen LogP contribution < -0.4 is 5.73 Å². The van der Waals surface area contributed by atoms with Gasteiger partial charge in [0.05, 0.1) is 12.5 Å². The van der Waals surface area contributed by atoms with Crippen LogP contribution in [0.15, 0.2) is 16.2 Å². The lowest BCUT2D eigenvalue weighted by Crippen LogP contribution is -2.21. The summed E-state index contributed by atoms with van der Waals surface area (Å²) in [6.07, 6.45) is -4.29. The highest BCUT2D eigenvalue weighted by atomic mass is 32.1. The Morgan fingerprint density at radius 1 is 1.62 bits per heavy atom. The Kier molecular flexibility index (Phi) is 4.34. The molecule has 0 rings (SSSR count). The van der Waals surface area contributed by atoms with E-state index in [0.29, 0.717) is 6.08 Å². The fourth-order valence-corrected chi connectivity index (χ4v) is 0.656. The highest BCUT2D eigenvalue weighted by Gasteiger charge is 2.34. The van der Waals surface area contributed by atoms with E-state index in [2.05, 4.69) is 17.2 Å². The second-order valence-electron chi connectivity index (χ2n) is 2.04. The van der Waals surface area contributed by atoms with Crippen LogP contribution in [0.1, 0.15) is 6.42 Å². The number of thiol groups is 1. The van der Waals surface area contributed by atoms with E-state index in [9.17, 15) is 13.2 Å². The normalized spacial score (nSPS) is 14.1. The van der Waals surface area contributed by atoms with Gasteiger partial charge in [0.25, 0.3) is 0 Å². The lowest BCUT2D eigenvalue weighted by molar-refractivity contribution is -0.0574. The third-order valence-corrected chi connectivity index (χ3v) is 1.22. The predicted octanol–water partition coefficient (Wildman–Crippen LogP) is 1.59. The molecule has 72 valence electrons. The topological polar surface area (TPSA) is 62.2 Å². The van der Waals surface area contributed by atoms with E-state index >= 15 is 0 Å². The molecule has 0 radical (unpaired) electrons. The Hall–Kier alpha value is -1.16. The van der Waals surface area contributed by atoms with E-state index < -0.39 is 11.9 Å². The minimum Gasteiger partial charge on any atom is -0.401 e. The van der Waals surface area contributed by atoms with Crippen LogP contribution in [0.2, 0.25) is 0 Å². The Morgan fingerprint density at radius 2 is 2.15 bits per heavy atom. The van der Waals surface area contributed by atoms with Gasteiger partial charge < -0.3 is 5.73 Å². The maximum absolute atomic E-state index is 12.0. The summed E-state index contributed by atoms with van der Waals surface area (Å²) in [6, 6.07) is 1.61. The van der Waals surface area contributed by atoms with Gasteiger partial charge in [0.1, 0.15) is 0 Å². The van der Waals surface area contributed by atoms with Gasteiger partial charge >= 0.3 is 6.18 Å². The molecule has 0 aliphatic rings. The number of allylic oxidation sites excluding steroid dienone is 2. The van der Waals surface area contributed by atoms with Crippen LogP contribution in [0.25, 0.3) is 0 Å². The Morgan fingerprint density at radius 3 is 2.46 bits per heavy atom. The molecular weight excluding hydrogens is 203 g/mol. The van der Waals surface area contributed by atoms with Gasteiger partial charge in [-0.2, -0.15) is 18.4 Å². The number of hydrogen-bond donors (Lipinski definition) is 2. The number of nitriles is 1. The average molecular weight is 209 g/mol. The first-order valence-electron chi connectivity index (χ1n) is 3.04. The summed E-state index contributed by atoms with van der Waals surface area (Å²) < 4.78 is 38.6. The van der Waals surface area contributed by atoms with Crippen LogP contribution in [-0.4, -0.2) is 11.9 Å². The minimum atomic E-state index is -4.60. The molecule has 0 atom stereocenters. The van der Waals surface area contributed by atoms with E-state index in [0.717, 1.165) is 0 Å². The molecule has 2 N–H and O–H groups in total. The van der Waals surface area contributed by atoms with Gasteiger partial charge in [-0.3, -0.25) is 0 Å². The Labute approximate surface area is 78.3 Å². The maximum Gasteiger partial charge on any atom is 0.434 e. The van der Waals surface area contributed by atoms with Crippen molar-refractivity contribution in [3.63, 3.8) is 0 Å². The molecule has 0 bridgehead atoms. The van der Waals surface area contributed by atoms with E-state index in [1.54, 1.807) is 6.07 Å². The van der Waals surface area contributed by atoms with Crippen LogP contribution in [0.3, 0.4) is 0 Å². The molecule has 0 spiro atoms. The summed E-state index contributed by atoms with van der Waals surface area (Å²) in [6.45, 7) is 0. The first kappa shape index (κ1) is 11.8. The molecule has 0 aromatic rings. The Balaban J connectivity index is 4.68. The molecular formula is C6H6F3N3S. The second-order valence-corrected chi connectivity index (χ2v) is 2.24. The van der Waals surface area contributed by atoms with Crippen LogP contribution in [0, 0.1) is 11.3 Å². The number of halogens is 3. The Bertz CT molecular complexity index is 274. The number of nitrogens with two attached hydrogens (primary N) is 1. The smallest absolute Gasteiger partial charge is 0.401 e. The minimum absolute atomic E-state index is 0.201. The van der Waals surface area contributed by atoms with Gasteiger partial charge in [-0.1, -0.05) is 0 Å². The summed E-state index contributed by atoms with van der Waals surface area (Å²) in [5.74, 6) is 0. The van der Waals surface area contributed by atoms with Crippen LogP contribution >= 0.6 is 12.8 Å². The molecule has 0 aromatic carbocycles. The zero-order valence-electron chi connectivity index (χ0n) is 6.34. The van der Waals surface area contributed by atoms with Gasteiger partial charge in [0, 0.05) is 5.70 Å². The van der Waals surface area contributed by atoms with Crippen molar-refractivity contribution in [2.24, 2.45) is 10.1 Å². The van der Waals surface area contributed by atoms with Crippen LogP contribution in [0.4, 0.5) is 13.2 Å². The zero-order chi connectivity index (χ0) is 10.5. The lowest BCUT2D eigenvalue weighted by Gasteiger charge is -2.04. The predicted molar refractivity (Wildman–Crippen MR) is 45.0 cm³/mol. The standard InChI is InChI=1S/C6H6F3N3S/c7-6(8,9)5(12-13)3-4(11)1-2-10/h3,13H,1,11H2/b4-3-,12-5+. The second kappa shape index (κ2) is 4.77. The van der Waals surface area contributed by atoms with Gasteiger partial charge in [-0.15, -0.1) is 0 Å². The largest absolute Gasteiger partial charge is 0.434 e. The van der Waals surface area contributed by atoms with Crippen molar-refractivity contribution in [1.82, 2.24) is 0 Å². The van der Waals surface area contributed by atoms with Crippen molar-refractivity contribution in [2.75, 3.05) is 0 Å². The lowest BCUT2D eigenvalue weighted by atomic mass is 10.2. The van der Waals surface area contributed by atoms with Crippen molar-refractivity contribution in [1.29, 1.82) is 5.26 Å². The molecule has 0 aliphatic carbocycles. The molecule has 0 aliphatic heterocycles. The van der Waals surface area contributed by atoms with Crippen LogP contribution in [0.5, 0.6) is 0 Å². The van der Waals surface area contributed by atoms with Crippen molar-refractivity contribution < 1.29 is 13.2 Å². The maximum atomic E-state index is 12.0. The summed E-state index contributed by atoms with van der Waals surface area (Å²) in [4.78, 5) is 0. The van der Waals surface area contributed by atoms with E-state index in [1.807, 2.05) is 0 Å². The van der Waals surface area contributed by atoms with Crippen molar-refractivity contribution in [3.05, 3.63) is 11.8 Å². The highest BCUT2D eigenvalue weighted by Crippen LogP contribution is 2.19. The fraction of sp³-hybridized carbons (Fsp3) is 0.333. The molecule has 0 aromatic heterocycles. The first-order chi connectivity index (χ1) is 5.91. The van der Waals surface area contributed by atoms with Crippen molar-refractivity contribution in [2.45, 2.75) is 12.6 Å². The third-order valence-electron chi connectivity index (χ3n) is 1.00. The van der Waals surface area contributed by atoms with Gasteiger partial charge in [-0.05, 0) is 18.9 Å². The zero-order valence-corrected chi connectivity index (χ0v) is 7.23. The van der Waals surface area contributed by atoms with E-state index in [-0.39, 0.29) is 12.1 Å². The molecule has 0 unspecified atom stereocenters. The molecule has 0 fully saturated rings. The molecule has 0 saturated carbocycles. The van der Waals surface area contributed by atoms with Gasteiger partial charge in [-0.25, -0.2) is 4.40 Å². The van der Waals surface area contributed by atoms with E-state index in [1.165, 1.54) is 0 Å². The molecule has 0 saturated heterocycles. The number of alkyl halides is 3. The van der Waals surface area contributed by atoms with E-state index in [4.69, 9.17) is 11.0 Å². The summed E-state index contributed by atoms with van der Waals surface area (Å²) in [7, 11) is 0. The highest BCUT2D eigenvalue weighted by molar-refractivity contribution is 7.79. The van der Waals surface area contributed by atoms with Gasteiger partial charge in [0.15, 0.2) is 5.71 Å². The molecule has 13 heavy (non-hydrogen) atoms.